The van der Waals surface area contributed by atoms with E-state index in [1.54, 1.807) is 0 Å². The highest BCUT2D eigenvalue weighted by molar-refractivity contribution is 8.00. The first kappa shape index (κ1) is 11.4. The highest BCUT2D eigenvalue weighted by Gasteiger charge is 2.41. The van der Waals surface area contributed by atoms with Gasteiger partial charge in [0.05, 0.1) is 0 Å². The summed E-state index contributed by atoms with van der Waals surface area (Å²) in [6, 6.07) is 0. The minimum absolute atomic E-state index is 0.475. The Bertz CT molecular complexity index is 156. The predicted octanol–water partition coefficient (Wildman–Crippen LogP) is 2.91. The van der Waals surface area contributed by atoms with Crippen LogP contribution in [-0.2, 0) is 0 Å². The van der Waals surface area contributed by atoms with Crippen LogP contribution < -0.4 is 5.32 Å². The highest BCUT2D eigenvalue weighted by Crippen LogP contribution is 2.46. The Labute approximate surface area is 87.1 Å². The molecule has 13 heavy (non-hydrogen) atoms. The maximum absolute atomic E-state index is 3.57. The third-order valence-electron chi connectivity index (χ3n) is 2.74. The van der Waals surface area contributed by atoms with Gasteiger partial charge < -0.3 is 5.32 Å². The Morgan fingerprint density at radius 2 is 1.92 bits per heavy atom. The van der Waals surface area contributed by atoms with Crippen molar-refractivity contribution >= 4 is 11.8 Å². The van der Waals surface area contributed by atoms with E-state index < -0.39 is 0 Å². The normalized spacial score (nSPS) is 20.3. The summed E-state index contributed by atoms with van der Waals surface area (Å²) in [4.78, 5) is 0. The summed E-state index contributed by atoms with van der Waals surface area (Å²) in [7, 11) is 0. The summed E-state index contributed by atoms with van der Waals surface area (Å²) in [6.07, 6.45) is 6.34. The molecule has 0 amide bonds. The summed E-state index contributed by atoms with van der Waals surface area (Å²) < 4.78 is 0.623. The number of thioether (sulfide) groups is 1. The number of rotatable bonds is 5. The lowest BCUT2D eigenvalue weighted by Gasteiger charge is -2.19. The van der Waals surface area contributed by atoms with Crippen LogP contribution in [0.1, 0.15) is 40.0 Å². The molecule has 1 nitrogen and oxygen atoms in total. The molecule has 1 saturated carbocycles. The lowest BCUT2D eigenvalue weighted by molar-refractivity contribution is 0.367. The van der Waals surface area contributed by atoms with Crippen molar-refractivity contribution in [1.82, 2.24) is 5.32 Å². The molecule has 0 bridgehead atoms. The summed E-state index contributed by atoms with van der Waals surface area (Å²) >= 11 is 2.03. The Kier molecular flexibility index (Phi) is 3.70. The minimum atomic E-state index is 0.475. The van der Waals surface area contributed by atoms with Crippen molar-refractivity contribution in [1.29, 1.82) is 0 Å². The standard InChI is InChI=1S/C11H23NS/c1-10(2,3)7-8-12-9-11(13-4)5-6-11/h12H,5-9H2,1-4H3. The zero-order valence-corrected chi connectivity index (χ0v) is 10.3. The molecule has 0 aromatic rings. The van der Waals surface area contributed by atoms with E-state index in [0.29, 0.717) is 10.2 Å². The molecule has 0 aliphatic heterocycles. The topological polar surface area (TPSA) is 12.0 Å². The molecule has 0 unspecified atom stereocenters. The van der Waals surface area contributed by atoms with Crippen LogP contribution in [0.5, 0.6) is 0 Å². The number of hydrogen-bond donors (Lipinski definition) is 1. The summed E-state index contributed by atoms with van der Waals surface area (Å²) in [6.45, 7) is 9.29. The monoisotopic (exact) mass is 201 g/mol. The van der Waals surface area contributed by atoms with Crippen LogP contribution in [0.15, 0.2) is 0 Å². The van der Waals surface area contributed by atoms with Gasteiger partial charge in [0, 0.05) is 11.3 Å². The second-order valence-corrected chi connectivity index (χ2v) is 6.65. The van der Waals surface area contributed by atoms with Gasteiger partial charge in [-0.15, -0.1) is 0 Å². The molecule has 0 aromatic carbocycles. The molecule has 0 atom stereocenters. The molecule has 0 spiro atoms. The van der Waals surface area contributed by atoms with E-state index in [1.807, 2.05) is 11.8 Å². The van der Waals surface area contributed by atoms with Gasteiger partial charge in [-0.1, -0.05) is 20.8 Å². The SMILES string of the molecule is CSC1(CNCCC(C)(C)C)CC1. The van der Waals surface area contributed by atoms with Crippen LogP contribution in [0.25, 0.3) is 0 Å². The molecule has 1 aliphatic rings. The molecule has 1 rings (SSSR count). The average molecular weight is 201 g/mol. The summed E-state index contributed by atoms with van der Waals surface area (Å²) in [5.74, 6) is 0. The molecule has 2 heteroatoms. The van der Waals surface area contributed by atoms with Gasteiger partial charge in [0.2, 0.25) is 0 Å². The van der Waals surface area contributed by atoms with Crippen LogP contribution >= 0.6 is 11.8 Å². The van der Waals surface area contributed by atoms with E-state index in [0.717, 1.165) is 0 Å². The van der Waals surface area contributed by atoms with Gasteiger partial charge in [0.25, 0.3) is 0 Å². The second kappa shape index (κ2) is 4.22. The first-order chi connectivity index (χ1) is 5.97. The summed E-state index contributed by atoms with van der Waals surface area (Å²) in [5.41, 5.74) is 0.475. The van der Waals surface area contributed by atoms with Gasteiger partial charge >= 0.3 is 0 Å². The molecule has 0 heterocycles. The molecule has 1 N–H and O–H groups in total. The van der Waals surface area contributed by atoms with Crippen molar-refractivity contribution in [2.45, 2.75) is 44.8 Å². The fraction of sp³-hybridized carbons (Fsp3) is 1.00. The van der Waals surface area contributed by atoms with Crippen LogP contribution in [0.4, 0.5) is 0 Å². The molecule has 0 saturated heterocycles. The van der Waals surface area contributed by atoms with Gasteiger partial charge in [0.1, 0.15) is 0 Å². The van der Waals surface area contributed by atoms with E-state index in [2.05, 4.69) is 32.3 Å². The third kappa shape index (κ3) is 4.37. The lowest BCUT2D eigenvalue weighted by Crippen LogP contribution is -2.28. The Hall–Kier alpha value is 0.310. The smallest absolute Gasteiger partial charge is 0.0282 e. The van der Waals surface area contributed by atoms with Crippen molar-refractivity contribution in [3.63, 3.8) is 0 Å². The predicted molar refractivity (Wildman–Crippen MR) is 62.4 cm³/mol. The van der Waals surface area contributed by atoms with Crippen molar-refractivity contribution < 1.29 is 0 Å². The fourth-order valence-corrected chi connectivity index (χ4v) is 2.13. The highest BCUT2D eigenvalue weighted by atomic mass is 32.2. The minimum Gasteiger partial charge on any atom is -0.315 e. The van der Waals surface area contributed by atoms with Crippen LogP contribution in [0.2, 0.25) is 0 Å². The quantitative estimate of drug-likeness (QED) is 0.686. The first-order valence-corrected chi connectivity index (χ1v) is 6.46. The summed E-state index contributed by atoms with van der Waals surface area (Å²) in [5, 5.41) is 3.57. The molecule has 78 valence electrons. The maximum Gasteiger partial charge on any atom is 0.0282 e. The molecule has 1 fully saturated rings. The fourth-order valence-electron chi connectivity index (χ4n) is 1.37. The van der Waals surface area contributed by atoms with E-state index in [-0.39, 0.29) is 0 Å². The lowest BCUT2D eigenvalue weighted by atomic mass is 9.92. The zero-order valence-electron chi connectivity index (χ0n) is 9.44. The molecule has 0 radical (unpaired) electrons. The average Bonchev–Trinajstić information content (AvgIpc) is 2.78. The van der Waals surface area contributed by atoms with E-state index in [1.165, 1.54) is 32.4 Å². The Morgan fingerprint density at radius 1 is 1.31 bits per heavy atom. The van der Waals surface area contributed by atoms with Crippen LogP contribution in [0.3, 0.4) is 0 Å². The first-order valence-electron chi connectivity index (χ1n) is 5.23. The van der Waals surface area contributed by atoms with Gasteiger partial charge in [-0.25, -0.2) is 0 Å². The zero-order chi connectivity index (χ0) is 9.95. The van der Waals surface area contributed by atoms with Crippen molar-refractivity contribution in [2.24, 2.45) is 5.41 Å². The number of hydrogen-bond acceptors (Lipinski definition) is 2. The van der Waals surface area contributed by atoms with Crippen molar-refractivity contribution in [3.8, 4) is 0 Å². The van der Waals surface area contributed by atoms with Gasteiger partial charge in [-0.05, 0) is 37.5 Å². The van der Waals surface area contributed by atoms with Crippen molar-refractivity contribution in [2.75, 3.05) is 19.3 Å². The van der Waals surface area contributed by atoms with E-state index in [9.17, 15) is 0 Å². The Morgan fingerprint density at radius 3 is 2.31 bits per heavy atom. The van der Waals surface area contributed by atoms with Crippen LogP contribution in [0, 0.1) is 5.41 Å². The van der Waals surface area contributed by atoms with Gasteiger partial charge in [-0.2, -0.15) is 11.8 Å². The Balaban J connectivity index is 2.02. The maximum atomic E-state index is 3.57. The third-order valence-corrected chi connectivity index (χ3v) is 4.16. The molecular weight excluding hydrogens is 178 g/mol. The van der Waals surface area contributed by atoms with E-state index in [4.69, 9.17) is 0 Å². The largest absolute Gasteiger partial charge is 0.315 e. The molecule has 0 aromatic heterocycles. The molecule has 1 aliphatic carbocycles. The van der Waals surface area contributed by atoms with Gasteiger partial charge in [0.15, 0.2) is 0 Å². The van der Waals surface area contributed by atoms with Crippen molar-refractivity contribution in [3.05, 3.63) is 0 Å². The number of nitrogens with one attached hydrogen (secondary N) is 1. The van der Waals surface area contributed by atoms with E-state index >= 15 is 0 Å². The van der Waals surface area contributed by atoms with Crippen LogP contribution in [-0.4, -0.2) is 24.1 Å². The van der Waals surface area contributed by atoms with Gasteiger partial charge in [-0.3, -0.25) is 0 Å². The second-order valence-electron chi connectivity index (χ2n) is 5.37. The molecular formula is C11H23NS.